The number of nitrogens with one attached hydrogen (secondary N) is 1. The first-order chi connectivity index (χ1) is 11.4. The molecular weight excluding hydrogens is 336 g/mol. The summed E-state index contributed by atoms with van der Waals surface area (Å²) in [5.74, 6) is -1.18. The highest BCUT2D eigenvalue weighted by molar-refractivity contribution is 7.23. The summed E-state index contributed by atoms with van der Waals surface area (Å²) in [4.78, 5) is 23.8. The summed E-state index contributed by atoms with van der Waals surface area (Å²) in [7, 11) is -3.34. The maximum absolute atomic E-state index is 11.8. The monoisotopic (exact) mass is 349 g/mol. The van der Waals surface area contributed by atoms with Crippen LogP contribution < -0.4 is 20.3 Å². The van der Waals surface area contributed by atoms with Crippen molar-refractivity contribution in [3.05, 3.63) is 41.3 Å². The fourth-order valence-electron chi connectivity index (χ4n) is 1.76. The van der Waals surface area contributed by atoms with Crippen molar-refractivity contribution in [2.24, 2.45) is 0 Å². The van der Waals surface area contributed by atoms with E-state index in [1.807, 2.05) is 0 Å². The third kappa shape index (κ3) is 4.91. The van der Waals surface area contributed by atoms with Crippen LogP contribution in [0.15, 0.2) is 36.4 Å². The van der Waals surface area contributed by atoms with E-state index in [0.29, 0.717) is 0 Å². The summed E-state index contributed by atoms with van der Waals surface area (Å²) in [5, 5.41) is 38.4. The SMILES string of the molecule is O=C(CNC(=O)c1ccc(B(O)O)s1)Oc1cccc(B(O)O)c1. The highest BCUT2D eigenvalue weighted by Gasteiger charge is 2.18. The lowest BCUT2D eigenvalue weighted by atomic mass is 9.80. The Balaban J connectivity index is 1.88. The molecule has 1 amide bonds. The van der Waals surface area contributed by atoms with Crippen LogP contribution in [-0.2, 0) is 4.79 Å². The minimum Gasteiger partial charge on any atom is -0.425 e. The zero-order chi connectivity index (χ0) is 17.7. The van der Waals surface area contributed by atoms with E-state index < -0.39 is 32.7 Å². The first-order valence-corrected chi connectivity index (χ1v) is 7.59. The molecule has 0 aliphatic heterocycles. The molecule has 8 nitrogen and oxygen atoms in total. The van der Waals surface area contributed by atoms with Gasteiger partial charge in [0.05, 0.1) is 4.88 Å². The van der Waals surface area contributed by atoms with E-state index in [-0.39, 0.29) is 20.9 Å². The van der Waals surface area contributed by atoms with E-state index in [4.69, 9.17) is 24.8 Å². The van der Waals surface area contributed by atoms with Gasteiger partial charge in [-0.2, -0.15) is 0 Å². The number of thiophene rings is 1. The van der Waals surface area contributed by atoms with Crippen molar-refractivity contribution < 1.29 is 34.4 Å². The van der Waals surface area contributed by atoms with Crippen LogP contribution >= 0.6 is 11.3 Å². The molecule has 0 aliphatic rings. The normalized spacial score (nSPS) is 10.2. The molecule has 0 spiro atoms. The first-order valence-electron chi connectivity index (χ1n) is 6.77. The number of ether oxygens (including phenoxy) is 1. The predicted octanol–water partition coefficient (Wildman–Crippen LogP) is -2.56. The molecule has 5 N–H and O–H groups in total. The van der Waals surface area contributed by atoms with Crippen LogP contribution in [-0.4, -0.2) is 52.8 Å². The van der Waals surface area contributed by atoms with E-state index in [0.717, 1.165) is 11.3 Å². The fraction of sp³-hybridized carbons (Fsp3) is 0.0769. The van der Waals surface area contributed by atoms with Crippen molar-refractivity contribution in [2.75, 3.05) is 6.54 Å². The average molecular weight is 349 g/mol. The molecule has 0 saturated carbocycles. The molecule has 0 atom stereocenters. The first kappa shape index (κ1) is 18.2. The molecule has 0 saturated heterocycles. The van der Waals surface area contributed by atoms with Gasteiger partial charge >= 0.3 is 20.2 Å². The van der Waals surface area contributed by atoms with Crippen LogP contribution in [0.5, 0.6) is 5.75 Å². The van der Waals surface area contributed by atoms with Gasteiger partial charge in [0.2, 0.25) is 0 Å². The molecule has 2 rings (SSSR count). The van der Waals surface area contributed by atoms with Crippen molar-refractivity contribution in [1.82, 2.24) is 5.32 Å². The Labute approximate surface area is 141 Å². The van der Waals surface area contributed by atoms with Crippen molar-refractivity contribution in [3.8, 4) is 5.75 Å². The minimum atomic E-state index is -1.68. The number of hydrogen-bond acceptors (Lipinski definition) is 8. The molecule has 11 heteroatoms. The van der Waals surface area contributed by atoms with Gasteiger partial charge in [-0.3, -0.25) is 4.79 Å². The van der Waals surface area contributed by atoms with Crippen molar-refractivity contribution >= 4 is 47.7 Å². The molecule has 0 fully saturated rings. The number of carbonyl (C=O) groups excluding carboxylic acids is 2. The van der Waals surface area contributed by atoms with Crippen molar-refractivity contribution in [3.63, 3.8) is 0 Å². The molecule has 1 heterocycles. The molecule has 1 aromatic heterocycles. The van der Waals surface area contributed by atoms with E-state index in [1.165, 1.54) is 36.4 Å². The summed E-state index contributed by atoms with van der Waals surface area (Å²) in [6.45, 7) is -0.403. The second kappa shape index (κ2) is 8.08. The summed E-state index contributed by atoms with van der Waals surface area (Å²) in [6, 6.07) is 8.50. The largest absolute Gasteiger partial charge is 0.499 e. The van der Waals surface area contributed by atoms with Gasteiger partial charge in [0.1, 0.15) is 12.3 Å². The second-order valence-corrected chi connectivity index (χ2v) is 5.79. The van der Waals surface area contributed by atoms with Crippen LogP contribution in [0.1, 0.15) is 9.67 Å². The molecule has 0 aliphatic carbocycles. The van der Waals surface area contributed by atoms with Gasteiger partial charge in [-0.1, -0.05) is 18.2 Å². The number of amides is 1. The maximum Gasteiger partial charge on any atom is 0.499 e. The van der Waals surface area contributed by atoms with E-state index in [2.05, 4.69) is 5.32 Å². The van der Waals surface area contributed by atoms with Gasteiger partial charge in [0.15, 0.2) is 0 Å². The van der Waals surface area contributed by atoms with Gasteiger partial charge in [-0.25, -0.2) is 4.79 Å². The molecule has 0 unspecified atom stereocenters. The minimum absolute atomic E-state index is 0.113. The summed E-state index contributed by atoms with van der Waals surface area (Å²) in [5.41, 5.74) is 0.165. The average Bonchev–Trinajstić information content (AvgIpc) is 3.03. The highest BCUT2D eigenvalue weighted by Crippen LogP contribution is 2.09. The quantitative estimate of drug-likeness (QED) is 0.220. The van der Waals surface area contributed by atoms with Gasteiger partial charge < -0.3 is 30.1 Å². The van der Waals surface area contributed by atoms with Gasteiger partial charge in [0, 0.05) is 4.78 Å². The lowest BCUT2D eigenvalue weighted by Crippen LogP contribution is -2.32. The molecule has 0 radical (unpaired) electrons. The topological polar surface area (TPSA) is 136 Å². The Hall–Kier alpha value is -2.17. The molecule has 124 valence electrons. The van der Waals surface area contributed by atoms with Crippen LogP contribution in [0.2, 0.25) is 0 Å². The smallest absolute Gasteiger partial charge is 0.425 e. The number of esters is 1. The Morgan fingerprint density at radius 1 is 1.08 bits per heavy atom. The molecule has 2 aromatic rings. The fourth-order valence-corrected chi connectivity index (χ4v) is 2.56. The Morgan fingerprint density at radius 2 is 1.83 bits per heavy atom. The number of rotatable bonds is 6. The van der Waals surface area contributed by atoms with E-state index in [1.54, 1.807) is 0 Å². The Bertz CT molecular complexity index is 735. The third-order valence-electron chi connectivity index (χ3n) is 2.89. The zero-order valence-corrected chi connectivity index (χ0v) is 13.1. The maximum atomic E-state index is 11.8. The molecule has 0 bridgehead atoms. The number of carbonyl (C=O) groups is 2. The van der Waals surface area contributed by atoms with E-state index in [9.17, 15) is 9.59 Å². The zero-order valence-electron chi connectivity index (χ0n) is 12.2. The predicted molar refractivity (Wildman–Crippen MR) is 88.4 cm³/mol. The van der Waals surface area contributed by atoms with Crippen LogP contribution in [0, 0.1) is 0 Å². The lowest BCUT2D eigenvalue weighted by molar-refractivity contribution is -0.133. The Kier molecular flexibility index (Phi) is 6.12. The standard InChI is InChI=1S/C13H13B2NO7S/c17-12(23-9-3-1-2-8(6-9)14(19)20)7-16-13(18)10-4-5-11(24-10)15(21)22/h1-6,19-22H,7H2,(H,16,18). The van der Waals surface area contributed by atoms with Gasteiger partial charge in [-0.15, -0.1) is 11.3 Å². The van der Waals surface area contributed by atoms with Gasteiger partial charge in [-0.05, 0) is 23.7 Å². The summed E-state index contributed by atoms with van der Waals surface area (Å²) >= 11 is 0.890. The number of hydrogen-bond donors (Lipinski definition) is 5. The van der Waals surface area contributed by atoms with Crippen LogP contribution in [0.25, 0.3) is 0 Å². The van der Waals surface area contributed by atoms with Gasteiger partial charge in [0.25, 0.3) is 5.91 Å². The molecule has 24 heavy (non-hydrogen) atoms. The molecular formula is C13H13B2NO7S. The molecule has 1 aromatic carbocycles. The summed E-state index contributed by atoms with van der Waals surface area (Å²) in [6.07, 6.45) is 0. The van der Waals surface area contributed by atoms with Crippen molar-refractivity contribution in [1.29, 1.82) is 0 Å². The van der Waals surface area contributed by atoms with Crippen LogP contribution in [0.3, 0.4) is 0 Å². The number of benzene rings is 1. The summed E-state index contributed by atoms with van der Waals surface area (Å²) < 4.78 is 5.19. The third-order valence-corrected chi connectivity index (χ3v) is 4.01. The highest BCUT2D eigenvalue weighted by atomic mass is 32.1. The lowest BCUT2D eigenvalue weighted by Gasteiger charge is -2.07. The van der Waals surface area contributed by atoms with E-state index >= 15 is 0 Å². The second-order valence-electron chi connectivity index (χ2n) is 4.68. The van der Waals surface area contributed by atoms with Crippen LogP contribution in [0.4, 0.5) is 0 Å². The van der Waals surface area contributed by atoms with Crippen molar-refractivity contribution in [2.45, 2.75) is 0 Å². The Morgan fingerprint density at radius 3 is 2.46 bits per heavy atom.